The van der Waals surface area contributed by atoms with Crippen LogP contribution in [0.5, 0.6) is 0 Å². The van der Waals surface area contributed by atoms with Crippen molar-refractivity contribution in [2.45, 2.75) is 77.0 Å². The van der Waals surface area contributed by atoms with E-state index < -0.39 is 23.9 Å². The smallest absolute Gasteiger partial charge is 0.307 e. The topological polar surface area (TPSA) is 105 Å². The average Bonchev–Trinajstić information content (AvgIpc) is 2.60. The predicted molar refractivity (Wildman–Crippen MR) is 100 cm³/mol. The van der Waals surface area contributed by atoms with E-state index in [9.17, 15) is 19.8 Å². The first-order valence-electron chi connectivity index (χ1n) is 10.0. The predicted octanol–water partition coefficient (Wildman–Crippen LogP) is 1.96. The highest BCUT2D eigenvalue weighted by molar-refractivity contribution is 5.85. The maximum Gasteiger partial charge on any atom is 0.307 e. The summed E-state index contributed by atoms with van der Waals surface area (Å²) in [4.78, 5) is 24.0. The molecular formula is C20H35NO6. The number of aliphatic hydroxyl groups excluding tert-OH is 1. The van der Waals surface area contributed by atoms with Crippen LogP contribution in [-0.4, -0.2) is 60.7 Å². The van der Waals surface area contributed by atoms with E-state index in [0.717, 1.165) is 25.7 Å². The van der Waals surface area contributed by atoms with Gasteiger partial charge in [0.1, 0.15) is 0 Å². The minimum absolute atomic E-state index is 0.0204. The number of aliphatic carboxylic acids is 1. The zero-order valence-electron chi connectivity index (χ0n) is 16.8. The number of hydrogen-bond acceptors (Lipinski definition) is 5. The second-order valence-corrected chi connectivity index (χ2v) is 8.91. The number of rotatable bonds is 8. The van der Waals surface area contributed by atoms with E-state index in [1.165, 1.54) is 0 Å². The number of carbonyl (C=O) groups is 2. The van der Waals surface area contributed by atoms with Crippen LogP contribution in [0.15, 0.2) is 0 Å². The van der Waals surface area contributed by atoms with Crippen LogP contribution in [0.25, 0.3) is 0 Å². The molecule has 0 aliphatic heterocycles. The van der Waals surface area contributed by atoms with Gasteiger partial charge in [-0.3, -0.25) is 9.59 Å². The first-order valence-corrected chi connectivity index (χ1v) is 10.0. The van der Waals surface area contributed by atoms with Crippen molar-refractivity contribution in [2.24, 2.45) is 17.3 Å². The van der Waals surface area contributed by atoms with Gasteiger partial charge in [0, 0.05) is 18.6 Å². The summed E-state index contributed by atoms with van der Waals surface area (Å²) < 4.78 is 11.2. The van der Waals surface area contributed by atoms with Crippen molar-refractivity contribution in [2.75, 3.05) is 20.3 Å². The van der Waals surface area contributed by atoms with Crippen LogP contribution in [-0.2, 0) is 19.1 Å². The Balaban J connectivity index is 1.77. The van der Waals surface area contributed by atoms with Crippen LogP contribution < -0.4 is 5.32 Å². The fraction of sp³-hybridized carbons (Fsp3) is 0.900. The number of carbonyl (C=O) groups excluding carboxylic acids is 1. The molecule has 2 fully saturated rings. The highest BCUT2D eigenvalue weighted by atomic mass is 16.5. The molecule has 3 unspecified atom stereocenters. The summed E-state index contributed by atoms with van der Waals surface area (Å²) in [6, 6.07) is 0.0536. The fourth-order valence-corrected chi connectivity index (χ4v) is 4.19. The molecule has 0 aromatic heterocycles. The van der Waals surface area contributed by atoms with E-state index in [1.54, 1.807) is 7.11 Å². The van der Waals surface area contributed by atoms with Gasteiger partial charge in [0.25, 0.3) is 0 Å². The van der Waals surface area contributed by atoms with E-state index in [1.807, 2.05) is 0 Å². The van der Waals surface area contributed by atoms with Crippen molar-refractivity contribution in [1.82, 2.24) is 5.32 Å². The zero-order valence-corrected chi connectivity index (χ0v) is 16.8. The van der Waals surface area contributed by atoms with Crippen molar-refractivity contribution in [3.63, 3.8) is 0 Å². The van der Waals surface area contributed by atoms with Crippen LogP contribution in [0.3, 0.4) is 0 Å². The third kappa shape index (κ3) is 6.73. The lowest BCUT2D eigenvalue weighted by molar-refractivity contribution is -0.150. The second-order valence-electron chi connectivity index (χ2n) is 8.91. The molecule has 3 N–H and O–H groups in total. The van der Waals surface area contributed by atoms with Gasteiger partial charge in [-0.2, -0.15) is 0 Å². The van der Waals surface area contributed by atoms with Crippen molar-refractivity contribution in [1.29, 1.82) is 0 Å². The standard InChI is InChI=1S/C20H35NO6/c1-20(2,11-26-3)12-27-15-7-4-13(5-8-15)21-18(23)17-10-14(22)6-9-16(17)19(24)25/h13-17,22H,4-12H2,1-3H3,(H,21,23)(H,24,25). The van der Waals surface area contributed by atoms with Crippen molar-refractivity contribution < 1.29 is 29.3 Å². The lowest BCUT2D eigenvalue weighted by atomic mass is 9.77. The molecule has 3 atom stereocenters. The highest BCUT2D eigenvalue weighted by Crippen LogP contribution is 2.32. The van der Waals surface area contributed by atoms with Gasteiger partial charge in [-0.25, -0.2) is 0 Å². The Morgan fingerprint density at radius 3 is 2.30 bits per heavy atom. The van der Waals surface area contributed by atoms with E-state index in [4.69, 9.17) is 9.47 Å². The molecule has 7 nitrogen and oxygen atoms in total. The van der Waals surface area contributed by atoms with E-state index in [2.05, 4.69) is 19.2 Å². The van der Waals surface area contributed by atoms with Crippen LogP contribution in [0.2, 0.25) is 0 Å². The molecule has 2 saturated carbocycles. The number of aliphatic hydroxyl groups is 1. The van der Waals surface area contributed by atoms with Gasteiger partial charge in [-0.1, -0.05) is 13.8 Å². The van der Waals surface area contributed by atoms with E-state index >= 15 is 0 Å². The lowest BCUT2D eigenvalue weighted by Crippen LogP contribution is -2.47. The van der Waals surface area contributed by atoms with Crippen LogP contribution in [0.1, 0.15) is 58.8 Å². The number of ether oxygens (including phenoxy) is 2. The third-order valence-corrected chi connectivity index (χ3v) is 5.74. The number of methoxy groups -OCH3 is 1. The molecule has 2 aliphatic rings. The Hall–Kier alpha value is -1.18. The maximum atomic E-state index is 12.6. The van der Waals surface area contributed by atoms with Gasteiger partial charge in [0.05, 0.1) is 37.3 Å². The first-order chi connectivity index (χ1) is 12.7. The average molecular weight is 386 g/mol. The molecule has 27 heavy (non-hydrogen) atoms. The summed E-state index contributed by atoms with van der Waals surface area (Å²) >= 11 is 0. The quantitative estimate of drug-likeness (QED) is 0.590. The van der Waals surface area contributed by atoms with Gasteiger partial charge in [0.15, 0.2) is 0 Å². The van der Waals surface area contributed by atoms with Crippen molar-refractivity contribution in [3.8, 4) is 0 Å². The lowest BCUT2D eigenvalue weighted by Gasteiger charge is -2.34. The number of carboxylic acids is 1. The number of hydrogen-bond donors (Lipinski definition) is 3. The summed E-state index contributed by atoms with van der Waals surface area (Å²) in [6.45, 7) is 5.51. The summed E-state index contributed by atoms with van der Waals surface area (Å²) in [5.74, 6) is -2.52. The Labute approximate surface area is 161 Å². The molecule has 0 bridgehead atoms. The Kier molecular flexibility index (Phi) is 8.06. The summed E-state index contributed by atoms with van der Waals surface area (Å²) in [7, 11) is 1.69. The van der Waals surface area contributed by atoms with Gasteiger partial charge < -0.3 is 25.0 Å². The van der Waals surface area contributed by atoms with Crippen molar-refractivity contribution in [3.05, 3.63) is 0 Å². The Morgan fingerprint density at radius 2 is 1.70 bits per heavy atom. The Morgan fingerprint density at radius 1 is 1.04 bits per heavy atom. The fourth-order valence-electron chi connectivity index (χ4n) is 4.19. The van der Waals surface area contributed by atoms with Crippen LogP contribution >= 0.6 is 0 Å². The molecule has 0 saturated heterocycles. The molecule has 7 heteroatoms. The number of amides is 1. The van der Waals surface area contributed by atoms with Crippen LogP contribution in [0.4, 0.5) is 0 Å². The minimum atomic E-state index is -0.946. The number of carboxylic acid groups (broad SMARTS) is 1. The normalized spacial score (nSPS) is 32.1. The first kappa shape index (κ1) is 22.1. The molecule has 0 aromatic rings. The Bertz CT molecular complexity index is 501. The summed E-state index contributed by atoms with van der Waals surface area (Å²) in [6.07, 6.45) is 4.05. The van der Waals surface area contributed by atoms with Gasteiger partial charge in [-0.15, -0.1) is 0 Å². The molecule has 2 aliphatic carbocycles. The van der Waals surface area contributed by atoms with Gasteiger partial charge in [-0.05, 0) is 44.9 Å². The van der Waals surface area contributed by atoms with E-state index in [-0.39, 0.29) is 29.9 Å². The molecule has 1 amide bonds. The van der Waals surface area contributed by atoms with Crippen LogP contribution in [0, 0.1) is 17.3 Å². The summed E-state index contributed by atoms with van der Waals surface area (Å²) in [5, 5.41) is 22.2. The molecule has 0 radical (unpaired) electrons. The monoisotopic (exact) mass is 385 g/mol. The molecule has 2 rings (SSSR count). The summed E-state index contributed by atoms with van der Waals surface area (Å²) in [5.41, 5.74) is -0.0204. The molecule has 0 heterocycles. The minimum Gasteiger partial charge on any atom is -0.481 e. The maximum absolute atomic E-state index is 12.6. The largest absolute Gasteiger partial charge is 0.481 e. The SMILES string of the molecule is COCC(C)(C)COC1CCC(NC(=O)C2CC(O)CCC2C(=O)O)CC1. The number of nitrogens with one attached hydrogen (secondary N) is 1. The van der Waals surface area contributed by atoms with Gasteiger partial charge in [0.2, 0.25) is 5.91 Å². The molecule has 0 aromatic carbocycles. The highest BCUT2D eigenvalue weighted by Gasteiger charge is 2.39. The molecule has 0 spiro atoms. The second kappa shape index (κ2) is 9.85. The van der Waals surface area contributed by atoms with E-state index in [0.29, 0.717) is 26.1 Å². The van der Waals surface area contributed by atoms with Crippen molar-refractivity contribution >= 4 is 11.9 Å². The zero-order chi connectivity index (χ0) is 20.0. The molecule has 156 valence electrons. The van der Waals surface area contributed by atoms with Gasteiger partial charge >= 0.3 is 5.97 Å². The molecular weight excluding hydrogens is 350 g/mol. The third-order valence-electron chi connectivity index (χ3n) is 5.74.